The largest absolute Gasteiger partial charge is 0.368 e. The Kier molecular flexibility index (Phi) is 3.28. The molecular weight excluding hydrogens is 268 g/mol. The molecule has 0 bridgehead atoms. The molecule has 0 amide bonds. The first-order chi connectivity index (χ1) is 9.63. The molecule has 20 heavy (non-hydrogen) atoms. The summed E-state index contributed by atoms with van der Waals surface area (Å²) in [6.45, 7) is 4.90. The predicted octanol–water partition coefficient (Wildman–Crippen LogP) is 3.50. The molecule has 0 aliphatic carbocycles. The molecule has 3 aromatic rings. The Morgan fingerprint density at radius 3 is 2.80 bits per heavy atom. The van der Waals surface area contributed by atoms with Gasteiger partial charge < -0.3 is 11.1 Å². The van der Waals surface area contributed by atoms with E-state index in [1.807, 2.05) is 12.1 Å². The summed E-state index contributed by atoms with van der Waals surface area (Å²) in [5.74, 6) is 1.12. The molecule has 0 atom stereocenters. The summed E-state index contributed by atoms with van der Waals surface area (Å²) in [6, 6.07) is 10.4. The second kappa shape index (κ2) is 5.09. The number of nitrogens with two attached hydrogens (primary N) is 1. The first-order valence-electron chi connectivity index (χ1n) is 6.45. The number of hydrogen-bond donors (Lipinski definition) is 2. The van der Waals surface area contributed by atoms with E-state index >= 15 is 0 Å². The standard InChI is InChI=1S/C15H16N4S/c1-9-5-3-4-6-11(9)8-17-13-12-7-10(2)20-14(12)19-15(16)18-13/h3-7H,8H2,1-2H3,(H3,16,17,18,19). The van der Waals surface area contributed by atoms with Gasteiger partial charge in [-0.2, -0.15) is 4.98 Å². The highest BCUT2D eigenvalue weighted by Crippen LogP contribution is 2.29. The summed E-state index contributed by atoms with van der Waals surface area (Å²) in [5.41, 5.74) is 8.30. The second-order valence-corrected chi connectivity index (χ2v) is 6.02. The van der Waals surface area contributed by atoms with Gasteiger partial charge in [0.15, 0.2) is 0 Å². The van der Waals surface area contributed by atoms with Crippen LogP contribution in [0.1, 0.15) is 16.0 Å². The topological polar surface area (TPSA) is 63.8 Å². The van der Waals surface area contributed by atoms with E-state index in [1.54, 1.807) is 11.3 Å². The van der Waals surface area contributed by atoms with Crippen LogP contribution in [0.15, 0.2) is 30.3 Å². The number of aromatic nitrogens is 2. The van der Waals surface area contributed by atoms with Crippen molar-refractivity contribution in [3.05, 3.63) is 46.3 Å². The molecule has 0 saturated heterocycles. The van der Waals surface area contributed by atoms with Crippen molar-refractivity contribution < 1.29 is 0 Å². The molecule has 5 heteroatoms. The molecule has 0 aliphatic rings. The van der Waals surface area contributed by atoms with Crippen molar-refractivity contribution >= 4 is 33.3 Å². The summed E-state index contributed by atoms with van der Waals surface area (Å²) < 4.78 is 0. The number of anilines is 2. The van der Waals surface area contributed by atoms with Crippen LogP contribution in [-0.4, -0.2) is 9.97 Å². The van der Waals surface area contributed by atoms with Crippen LogP contribution >= 0.6 is 11.3 Å². The van der Waals surface area contributed by atoms with Gasteiger partial charge in [0.05, 0.1) is 5.39 Å². The number of rotatable bonds is 3. The van der Waals surface area contributed by atoms with E-state index in [2.05, 4.69) is 47.3 Å². The van der Waals surface area contributed by atoms with Gasteiger partial charge in [-0.3, -0.25) is 0 Å². The minimum atomic E-state index is 0.312. The first kappa shape index (κ1) is 12.9. The van der Waals surface area contributed by atoms with Crippen molar-refractivity contribution in [2.24, 2.45) is 0 Å². The van der Waals surface area contributed by atoms with E-state index in [4.69, 9.17) is 5.73 Å². The van der Waals surface area contributed by atoms with E-state index in [0.717, 1.165) is 22.6 Å². The van der Waals surface area contributed by atoms with Crippen LogP contribution in [0.3, 0.4) is 0 Å². The van der Waals surface area contributed by atoms with E-state index in [9.17, 15) is 0 Å². The highest BCUT2D eigenvalue weighted by Gasteiger charge is 2.09. The zero-order chi connectivity index (χ0) is 14.1. The van der Waals surface area contributed by atoms with Crippen molar-refractivity contribution in [1.29, 1.82) is 0 Å². The van der Waals surface area contributed by atoms with Gasteiger partial charge in [0.1, 0.15) is 10.6 Å². The van der Waals surface area contributed by atoms with Gasteiger partial charge in [-0.15, -0.1) is 11.3 Å². The van der Waals surface area contributed by atoms with Crippen LogP contribution < -0.4 is 11.1 Å². The Morgan fingerprint density at radius 2 is 2.00 bits per heavy atom. The number of fused-ring (bicyclic) bond motifs is 1. The zero-order valence-corrected chi connectivity index (χ0v) is 12.3. The molecule has 1 aromatic carbocycles. The van der Waals surface area contributed by atoms with E-state index in [1.165, 1.54) is 16.0 Å². The first-order valence-corrected chi connectivity index (χ1v) is 7.27. The monoisotopic (exact) mass is 284 g/mol. The fraction of sp³-hybridized carbons (Fsp3) is 0.200. The minimum absolute atomic E-state index is 0.312. The van der Waals surface area contributed by atoms with Gasteiger partial charge in [0, 0.05) is 11.4 Å². The van der Waals surface area contributed by atoms with E-state index < -0.39 is 0 Å². The van der Waals surface area contributed by atoms with Crippen LogP contribution in [0.5, 0.6) is 0 Å². The lowest BCUT2D eigenvalue weighted by molar-refractivity contribution is 1.09. The maximum Gasteiger partial charge on any atom is 0.223 e. The van der Waals surface area contributed by atoms with Crippen LogP contribution in [0.2, 0.25) is 0 Å². The van der Waals surface area contributed by atoms with Crippen LogP contribution in [0, 0.1) is 13.8 Å². The normalized spacial score (nSPS) is 10.9. The number of hydrogen-bond acceptors (Lipinski definition) is 5. The molecule has 4 nitrogen and oxygen atoms in total. The lowest BCUT2D eigenvalue weighted by Crippen LogP contribution is -2.05. The SMILES string of the molecule is Cc1cc2c(NCc3ccccc3C)nc(N)nc2s1. The predicted molar refractivity (Wildman–Crippen MR) is 85.1 cm³/mol. The molecular formula is C15H16N4S. The molecule has 2 heterocycles. The molecule has 0 spiro atoms. The molecule has 0 radical (unpaired) electrons. The average Bonchev–Trinajstić information content (AvgIpc) is 2.77. The minimum Gasteiger partial charge on any atom is -0.368 e. The third-order valence-corrected chi connectivity index (χ3v) is 4.19. The molecule has 102 valence electrons. The third kappa shape index (κ3) is 2.44. The highest BCUT2D eigenvalue weighted by atomic mass is 32.1. The Bertz CT molecular complexity index is 764. The zero-order valence-electron chi connectivity index (χ0n) is 11.5. The smallest absolute Gasteiger partial charge is 0.223 e. The maximum absolute atomic E-state index is 5.78. The molecule has 3 N–H and O–H groups in total. The maximum atomic E-state index is 5.78. The summed E-state index contributed by atoms with van der Waals surface area (Å²) in [5, 5.41) is 4.41. The molecule has 3 rings (SSSR count). The summed E-state index contributed by atoms with van der Waals surface area (Å²) in [4.78, 5) is 10.7. The fourth-order valence-electron chi connectivity index (χ4n) is 2.18. The van der Waals surface area contributed by atoms with Crippen molar-refractivity contribution in [3.8, 4) is 0 Å². The van der Waals surface area contributed by atoms with Gasteiger partial charge in [-0.25, -0.2) is 4.98 Å². The molecule has 2 aromatic heterocycles. The number of aryl methyl sites for hydroxylation is 2. The molecule has 0 aliphatic heterocycles. The van der Waals surface area contributed by atoms with Crippen molar-refractivity contribution in [2.75, 3.05) is 11.1 Å². The lowest BCUT2D eigenvalue weighted by Gasteiger charge is -2.09. The van der Waals surface area contributed by atoms with Crippen LogP contribution in [0.4, 0.5) is 11.8 Å². The van der Waals surface area contributed by atoms with Crippen molar-refractivity contribution in [3.63, 3.8) is 0 Å². The fourth-order valence-corrected chi connectivity index (χ4v) is 3.07. The Hall–Kier alpha value is -2.14. The number of thiophene rings is 1. The quantitative estimate of drug-likeness (QED) is 0.772. The van der Waals surface area contributed by atoms with E-state index in [-0.39, 0.29) is 0 Å². The van der Waals surface area contributed by atoms with E-state index in [0.29, 0.717) is 5.95 Å². The number of nitrogens with zero attached hydrogens (tertiary/aromatic N) is 2. The van der Waals surface area contributed by atoms with Crippen molar-refractivity contribution in [1.82, 2.24) is 9.97 Å². The van der Waals surface area contributed by atoms with Crippen LogP contribution in [-0.2, 0) is 6.54 Å². The Morgan fingerprint density at radius 1 is 1.20 bits per heavy atom. The van der Waals surface area contributed by atoms with Crippen LogP contribution in [0.25, 0.3) is 10.2 Å². The number of nitrogen functional groups attached to an aromatic ring is 1. The third-order valence-electron chi connectivity index (χ3n) is 3.24. The number of nitrogens with one attached hydrogen (secondary N) is 1. The second-order valence-electron chi connectivity index (χ2n) is 4.79. The molecule has 0 fully saturated rings. The van der Waals surface area contributed by atoms with Gasteiger partial charge in [-0.1, -0.05) is 24.3 Å². The van der Waals surface area contributed by atoms with Gasteiger partial charge in [0.25, 0.3) is 0 Å². The average molecular weight is 284 g/mol. The van der Waals surface area contributed by atoms with Crippen molar-refractivity contribution in [2.45, 2.75) is 20.4 Å². The van der Waals surface area contributed by atoms with Gasteiger partial charge in [-0.05, 0) is 31.0 Å². The summed E-state index contributed by atoms with van der Waals surface area (Å²) in [7, 11) is 0. The highest BCUT2D eigenvalue weighted by molar-refractivity contribution is 7.18. The number of benzene rings is 1. The van der Waals surface area contributed by atoms with Gasteiger partial charge >= 0.3 is 0 Å². The summed E-state index contributed by atoms with van der Waals surface area (Å²) >= 11 is 1.63. The summed E-state index contributed by atoms with van der Waals surface area (Å²) in [6.07, 6.45) is 0. The lowest BCUT2D eigenvalue weighted by atomic mass is 10.1. The Labute approximate surface area is 121 Å². The van der Waals surface area contributed by atoms with Gasteiger partial charge in [0.2, 0.25) is 5.95 Å². The molecule has 0 unspecified atom stereocenters. The molecule has 0 saturated carbocycles. The Balaban J connectivity index is 1.93.